The van der Waals surface area contributed by atoms with E-state index in [-0.39, 0.29) is 24.0 Å². The predicted molar refractivity (Wildman–Crippen MR) is 86.7 cm³/mol. The second kappa shape index (κ2) is 9.70. The van der Waals surface area contributed by atoms with Crippen molar-refractivity contribution in [3.05, 3.63) is 0 Å². The highest BCUT2D eigenvalue weighted by atomic mass is 127. The van der Waals surface area contributed by atoms with E-state index in [0.717, 1.165) is 0 Å². The zero-order chi connectivity index (χ0) is 27.3. The Bertz CT molecular complexity index is 811. The fraction of sp³-hybridized carbons (Fsp3) is 1.00. The molecule has 4 nitrogen and oxygen atoms in total. The van der Waals surface area contributed by atoms with Gasteiger partial charge in [-0.3, -0.25) is 0 Å². The van der Waals surface area contributed by atoms with Gasteiger partial charge in [-0.15, -0.1) is 24.0 Å². The van der Waals surface area contributed by atoms with E-state index in [1.807, 2.05) is 0 Å². The average Bonchev–Trinajstić information content (AvgIpc) is 2.59. The van der Waals surface area contributed by atoms with Crippen molar-refractivity contribution in [2.45, 2.75) is 53.4 Å². The van der Waals surface area contributed by atoms with Gasteiger partial charge >= 0.3 is 47.0 Å². The largest absolute Gasteiger partial charge is 0.460 e. The van der Waals surface area contributed by atoms with E-state index in [9.17, 15) is 83.1 Å². The summed E-state index contributed by atoms with van der Waals surface area (Å²) in [5, 5.41) is -7.54. The lowest BCUT2D eigenvalue weighted by molar-refractivity contribution is -0.458. The van der Waals surface area contributed by atoms with Crippen molar-refractivity contribution in [3.63, 3.8) is 0 Å². The molecule has 0 saturated heterocycles. The number of rotatable bonds is 11. The van der Waals surface area contributed by atoms with Crippen LogP contribution in [0, 0.1) is 0 Å². The van der Waals surface area contributed by atoms with E-state index < -0.39 is 76.5 Å². The maximum atomic E-state index is 13.5. The fourth-order valence-corrected chi connectivity index (χ4v) is 2.78. The quantitative estimate of drug-likeness (QED) is 0.186. The predicted octanol–water partition coefficient (Wildman–Crippen LogP) is 4.84. The van der Waals surface area contributed by atoms with Crippen LogP contribution in [0.15, 0.2) is 0 Å². The first-order valence-corrected chi connectivity index (χ1v) is 8.95. The summed E-state index contributed by atoms with van der Waals surface area (Å²) in [4.78, 5) is 0. The monoisotopic (exact) mass is 684 g/mol. The molecule has 0 spiro atoms. The molecule has 208 valence electrons. The molecule has 0 aliphatic rings. The van der Waals surface area contributed by atoms with Crippen LogP contribution < -0.4 is 10.5 Å². The molecule has 0 bridgehead atoms. The van der Waals surface area contributed by atoms with Gasteiger partial charge in [-0.1, -0.05) is 0 Å². The molecule has 0 heterocycles. The summed E-state index contributed by atoms with van der Waals surface area (Å²) in [6, 6.07) is 0. The number of nitrogens with two attached hydrogens (primary N) is 1. The Kier molecular flexibility index (Phi) is 10.1. The molecule has 3 N–H and O–H groups in total. The van der Waals surface area contributed by atoms with Crippen LogP contribution in [-0.2, 0) is 10.0 Å². The van der Waals surface area contributed by atoms with Crippen molar-refractivity contribution in [2.24, 2.45) is 5.73 Å². The summed E-state index contributed by atoms with van der Waals surface area (Å²) in [6.07, 6.45) is -8.56. The molecule has 34 heavy (non-hydrogen) atoms. The number of sulfonamides is 1. The highest BCUT2D eigenvalue weighted by Crippen LogP contribution is 2.64. The summed E-state index contributed by atoms with van der Waals surface area (Å²) in [7, 11) is -7.23. The van der Waals surface area contributed by atoms with Gasteiger partial charge in [-0.05, 0) is 13.0 Å². The number of nitrogens with one attached hydrogen (secondary N) is 1. The van der Waals surface area contributed by atoms with Crippen LogP contribution >= 0.6 is 24.0 Å². The molecule has 0 amide bonds. The van der Waals surface area contributed by atoms with Gasteiger partial charge in [0.2, 0.25) is 0 Å². The molecule has 0 unspecified atom stereocenters. The molecule has 0 aliphatic carbocycles. The minimum absolute atomic E-state index is 0. The van der Waals surface area contributed by atoms with Gasteiger partial charge in [0.05, 0.1) is 0 Å². The van der Waals surface area contributed by atoms with Crippen molar-refractivity contribution in [3.8, 4) is 0 Å². The highest BCUT2D eigenvalue weighted by molar-refractivity contribution is 14.0. The van der Waals surface area contributed by atoms with Crippen molar-refractivity contribution in [2.75, 3.05) is 13.1 Å². The minimum atomic E-state index is -8.84. The molecular formula is C11H10F17IN2O2S. The molecular weight excluding hydrogens is 674 g/mol. The van der Waals surface area contributed by atoms with Crippen LogP contribution in [0.3, 0.4) is 0 Å². The number of alkyl halides is 17. The van der Waals surface area contributed by atoms with E-state index in [2.05, 4.69) is 0 Å². The summed E-state index contributed by atoms with van der Waals surface area (Å²) in [6.45, 7) is -1.94. The van der Waals surface area contributed by atoms with E-state index in [4.69, 9.17) is 5.73 Å². The summed E-state index contributed by atoms with van der Waals surface area (Å²) in [5.41, 5.74) is 4.75. The lowest BCUT2D eigenvalue weighted by atomic mass is 9.91. The third-order valence-corrected chi connectivity index (χ3v) is 5.22. The minimum Gasteiger partial charge on any atom is -0.330 e. The first kappa shape index (κ1) is 35.6. The van der Waals surface area contributed by atoms with Gasteiger partial charge in [-0.25, -0.2) is 13.1 Å². The molecule has 0 fully saturated rings. The van der Waals surface area contributed by atoms with E-state index in [1.165, 1.54) is 0 Å². The Morgan fingerprint density at radius 3 is 1.15 bits per heavy atom. The van der Waals surface area contributed by atoms with Crippen LogP contribution in [0.2, 0.25) is 0 Å². The molecule has 0 aromatic heterocycles. The molecule has 0 aromatic carbocycles. The second-order valence-corrected chi connectivity index (χ2v) is 7.81. The standard InChI is InChI=1S/C11H9F17N2O2S.HI/c12-4(13,6(16,17)8(20,21)10(24,25)26)5(14,15)7(18,19)9(22,23)11(27,28)33(31,32)30-3-1-2-29;/h30H,1-3,29H2;1H. The molecule has 23 heteroatoms. The van der Waals surface area contributed by atoms with Crippen LogP contribution in [-0.4, -0.2) is 68.5 Å². The highest BCUT2D eigenvalue weighted by Gasteiger charge is 2.96. The average molecular weight is 684 g/mol. The summed E-state index contributed by atoms with van der Waals surface area (Å²) in [5.74, 6) is -51.6. The van der Waals surface area contributed by atoms with E-state index in [0.29, 0.717) is 4.72 Å². The first-order valence-electron chi connectivity index (χ1n) is 7.47. The third kappa shape index (κ3) is 4.85. The topological polar surface area (TPSA) is 72.2 Å². The van der Waals surface area contributed by atoms with Gasteiger partial charge < -0.3 is 5.73 Å². The molecule has 0 radical (unpaired) electrons. The van der Waals surface area contributed by atoms with Crippen molar-refractivity contribution in [1.82, 2.24) is 4.72 Å². The maximum absolute atomic E-state index is 13.5. The third-order valence-electron chi connectivity index (χ3n) is 3.70. The summed E-state index contributed by atoms with van der Waals surface area (Å²) < 4.78 is 244. The zero-order valence-electron chi connectivity index (χ0n) is 15.3. The lowest BCUT2D eigenvalue weighted by Crippen LogP contribution is -2.75. The molecule has 0 atom stereocenters. The normalized spacial score (nSPS) is 15.8. The van der Waals surface area contributed by atoms with Crippen molar-refractivity contribution >= 4 is 34.0 Å². The molecule has 0 aliphatic heterocycles. The van der Waals surface area contributed by atoms with Crippen molar-refractivity contribution in [1.29, 1.82) is 0 Å². The van der Waals surface area contributed by atoms with Gasteiger partial charge in [0, 0.05) is 6.54 Å². The van der Waals surface area contributed by atoms with Gasteiger partial charge in [0.15, 0.2) is 0 Å². The van der Waals surface area contributed by atoms with Crippen LogP contribution in [0.4, 0.5) is 74.6 Å². The Labute approximate surface area is 194 Å². The first-order chi connectivity index (χ1) is 14.1. The number of hydrogen-bond donors (Lipinski definition) is 2. The molecule has 0 aromatic rings. The number of hydrogen-bond acceptors (Lipinski definition) is 3. The summed E-state index contributed by atoms with van der Waals surface area (Å²) >= 11 is 0. The van der Waals surface area contributed by atoms with Crippen LogP contribution in [0.1, 0.15) is 6.42 Å². The zero-order valence-corrected chi connectivity index (χ0v) is 18.4. The van der Waals surface area contributed by atoms with Crippen LogP contribution in [0.5, 0.6) is 0 Å². The number of halogens is 18. The lowest BCUT2D eigenvalue weighted by Gasteiger charge is -2.42. The van der Waals surface area contributed by atoms with Crippen molar-refractivity contribution < 1.29 is 83.1 Å². The van der Waals surface area contributed by atoms with Crippen LogP contribution in [0.25, 0.3) is 0 Å². The molecule has 0 saturated carbocycles. The Hall–Kier alpha value is -0.590. The maximum Gasteiger partial charge on any atom is 0.460 e. The SMILES string of the molecule is I.NCCCNS(=O)(=O)C(F)(F)C(F)(F)C(F)(F)C(F)(F)C(F)(F)C(F)(F)C(F)(F)C(F)(F)F. The van der Waals surface area contributed by atoms with Gasteiger partial charge in [0.25, 0.3) is 10.0 Å². The fourth-order valence-electron chi connectivity index (χ4n) is 1.72. The second-order valence-electron chi connectivity index (χ2n) is 6.00. The van der Waals surface area contributed by atoms with E-state index in [1.54, 1.807) is 0 Å². The Balaban J connectivity index is 0. The Morgan fingerprint density at radius 1 is 0.559 bits per heavy atom. The van der Waals surface area contributed by atoms with E-state index >= 15 is 0 Å². The Morgan fingerprint density at radius 2 is 0.853 bits per heavy atom. The molecule has 0 rings (SSSR count). The van der Waals surface area contributed by atoms with Gasteiger partial charge in [0.1, 0.15) is 0 Å². The van der Waals surface area contributed by atoms with Gasteiger partial charge in [-0.2, -0.15) is 74.6 Å². The smallest absolute Gasteiger partial charge is 0.330 e.